The van der Waals surface area contributed by atoms with Gasteiger partial charge >= 0.3 is 17.1 Å². The van der Waals surface area contributed by atoms with Crippen molar-refractivity contribution >= 4 is 23.2 Å². The molecule has 4 aliphatic rings. The molecule has 1 amide bonds. The van der Waals surface area contributed by atoms with E-state index in [-0.39, 0.29) is 28.9 Å². The van der Waals surface area contributed by atoms with Crippen molar-refractivity contribution in [2.75, 3.05) is 24.7 Å². The van der Waals surface area contributed by atoms with Gasteiger partial charge in [-0.05, 0) is 37.5 Å². The molecule has 9 heteroatoms. The Bertz CT molecular complexity index is 1210. The van der Waals surface area contributed by atoms with E-state index >= 15 is 0 Å². The number of unbranched alkanes of at least 4 members (excludes halogenated alkanes) is 5. The summed E-state index contributed by atoms with van der Waals surface area (Å²) in [5.41, 5.74) is 2.59. The van der Waals surface area contributed by atoms with Gasteiger partial charge in [-0.1, -0.05) is 91.1 Å². The first-order valence-corrected chi connectivity index (χ1v) is 14.0. The second-order valence-electron chi connectivity index (χ2n) is 9.85. The molecule has 2 aliphatic heterocycles. The SMILES string of the molecule is C1=CCC=C1.O=C1N(CCCCCCCCn2cc(C3C=CC=C3)nn2)c2ccc(Cl)cc2C12OCCO2.[Fe+2]. The first-order valence-electron chi connectivity index (χ1n) is 13.6. The van der Waals surface area contributed by atoms with Gasteiger partial charge < -0.3 is 14.4 Å². The van der Waals surface area contributed by atoms with Crippen molar-refractivity contribution < 1.29 is 31.3 Å². The van der Waals surface area contributed by atoms with Crippen LogP contribution in [0.4, 0.5) is 5.69 Å². The van der Waals surface area contributed by atoms with E-state index in [2.05, 4.69) is 46.8 Å². The van der Waals surface area contributed by atoms with Crippen LogP contribution in [0.2, 0.25) is 5.02 Å². The van der Waals surface area contributed by atoms with Gasteiger partial charge in [0.2, 0.25) is 0 Å². The Balaban J connectivity index is 0.000000530. The van der Waals surface area contributed by atoms with Gasteiger partial charge in [0.15, 0.2) is 0 Å². The van der Waals surface area contributed by atoms with Gasteiger partial charge in [-0.25, -0.2) is 0 Å². The molecule has 1 spiro atoms. The second-order valence-corrected chi connectivity index (χ2v) is 10.3. The molecule has 3 heterocycles. The van der Waals surface area contributed by atoms with Gasteiger partial charge in [-0.15, -0.1) is 5.10 Å². The van der Waals surface area contributed by atoms with Gasteiger partial charge in [0.05, 0.1) is 24.6 Å². The summed E-state index contributed by atoms with van der Waals surface area (Å²) in [5, 5.41) is 9.11. The fourth-order valence-corrected chi connectivity index (χ4v) is 5.34. The van der Waals surface area contributed by atoms with Crippen LogP contribution in [0.3, 0.4) is 0 Å². The summed E-state index contributed by atoms with van der Waals surface area (Å²) >= 11 is 6.18. The number of allylic oxidation sites excluding steroid dienone is 8. The molecule has 0 bridgehead atoms. The van der Waals surface area contributed by atoms with Gasteiger partial charge in [-0.2, -0.15) is 0 Å². The predicted octanol–water partition coefficient (Wildman–Crippen LogP) is 6.23. The Morgan fingerprint density at radius 2 is 1.59 bits per heavy atom. The van der Waals surface area contributed by atoms with Crippen molar-refractivity contribution in [1.29, 1.82) is 0 Å². The average molecular weight is 591 g/mol. The van der Waals surface area contributed by atoms with Crippen molar-refractivity contribution in [1.82, 2.24) is 15.0 Å². The fourth-order valence-electron chi connectivity index (χ4n) is 5.17. The number of nitrogens with zero attached hydrogens (tertiary/aromatic N) is 4. The molecule has 6 rings (SSSR count). The number of aromatic nitrogens is 3. The number of hydrogen-bond acceptors (Lipinski definition) is 5. The quantitative estimate of drug-likeness (QED) is 0.242. The molecule has 206 valence electrons. The number of anilines is 1. The van der Waals surface area contributed by atoms with Gasteiger partial charge in [0.25, 0.3) is 11.7 Å². The number of hydrogen-bond donors (Lipinski definition) is 0. The van der Waals surface area contributed by atoms with Crippen LogP contribution in [-0.4, -0.2) is 40.7 Å². The maximum atomic E-state index is 13.1. The standard InChI is InChI=1S/C25H29ClN4O3.C5H6.Fe/c26-20-11-12-23-21(17-20)25(32-15-16-33-25)24(31)30(23)14-8-4-2-1-3-7-13-29-18-22(27-28-29)19-9-5-6-10-19;1-2-4-5-3-1;/h5-6,9-12,17-19H,1-4,7-8,13-16H2;1-4H,5H2;/q;;+2. The number of aryl methyl sites for hydroxylation is 1. The normalized spacial score (nSPS) is 18.2. The third-order valence-electron chi connectivity index (χ3n) is 7.14. The maximum Gasteiger partial charge on any atom is 2.00 e. The van der Waals surface area contributed by atoms with E-state index in [1.54, 1.807) is 11.0 Å². The van der Waals surface area contributed by atoms with Crippen LogP contribution in [0, 0.1) is 0 Å². The van der Waals surface area contributed by atoms with Crippen LogP contribution in [0.25, 0.3) is 0 Å². The van der Waals surface area contributed by atoms with Gasteiger partial charge in [0.1, 0.15) is 0 Å². The molecule has 1 aromatic carbocycles. The Kier molecular flexibility index (Phi) is 10.8. The molecule has 1 fully saturated rings. The Morgan fingerprint density at radius 1 is 0.923 bits per heavy atom. The topological polar surface area (TPSA) is 69.5 Å². The van der Waals surface area contributed by atoms with Crippen LogP contribution in [0.1, 0.15) is 62.1 Å². The number of carbonyl (C=O) groups is 1. The molecule has 7 nitrogen and oxygen atoms in total. The fraction of sp³-hybridized carbons (Fsp3) is 0.433. The van der Waals surface area contributed by atoms with Crippen molar-refractivity contribution in [3.8, 4) is 0 Å². The Morgan fingerprint density at radius 3 is 2.26 bits per heavy atom. The second kappa shape index (κ2) is 14.2. The summed E-state index contributed by atoms with van der Waals surface area (Å²) in [7, 11) is 0. The van der Waals surface area contributed by atoms with Crippen LogP contribution in [0.15, 0.2) is 73.0 Å². The van der Waals surface area contributed by atoms with Gasteiger partial charge in [-0.3, -0.25) is 9.48 Å². The molecule has 0 N–H and O–H groups in total. The molecular formula is C30H35ClFeN4O3+2. The predicted molar refractivity (Wildman–Crippen MR) is 149 cm³/mol. The molecule has 0 radical (unpaired) electrons. The van der Waals surface area contributed by atoms with Crippen molar-refractivity contribution in [2.24, 2.45) is 0 Å². The summed E-state index contributed by atoms with van der Waals surface area (Å²) in [6, 6.07) is 5.50. The molecule has 2 aromatic rings. The first-order chi connectivity index (χ1) is 18.7. The number of carbonyl (C=O) groups excluding carboxylic acids is 1. The zero-order valence-electron chi connectivity index (χ0n) is 22.0. The zero-order chi connectivity index (χ0) is 26.2. The van der Waals surface area contributed by atoms with E-state index in [1.807, 2.05) is 35.2 Å². The van der Waals surface area contributed by atoms with Crippen LogP contribution < -0.4 is 4.90 Å². The van der Waals surface area contributed by atoms with Crippen LogP contribution >= 0.6 is 11.6 Å². The number of fused-ring (bicyclic) bond motifs is 2. The summed E-state index contributed by atoms with van der Waals surface area (Å²) in [6.45, 7) is 2.39. The van der Waals surface area contributed by atoms with E-state index in [0.717, 1.165) is 62.0 Å². The van der Waals surface area contributed by atoms with E-state index in [1.165, 1.54) is 6.42 Å². The average Bonchev–Trinajstić information content (AvgIpc) is 3.76. The van der Waals surface area contributed by atoms with E-state index in [9.17, 15) is 4.79 Å². The third-order valence-corrected chi connectivity index (χ3v) is 7.38. The Labute approximate surface area is 246 Å². The molecule has 0 unspecified atom stereocenters. The zero-order valence-corrected chi connectivity index (χ0v) is 23.9. The smallest absolute Gasteiger partial charge is 0.336 e. The molecular weight excluding hydrogens is 556 g/mol. The van der Waals surface area contributed by atoms with Crippen molar-refractivity contribution in [2.45, 2.75) is 63.2 Å². The minimum absolute atomic E-state index is 0. The Hall–Kier alpha value is -2.48. The third kappa shape index (κ3) is 7.00. The summed E-state index contributed by atoms with van der Waals surface area (Å²) in [4.78, 5) is 14.9. The summed E-state index contributed by atoms with van der Waals surface area (Å²) in [5.74, 6) is -1.16. The monoisotopic (exact) mass is 590 g/mol. The largest absolute Gasteiger partial charge is 2.00 e. The van der Waals surface area contributed by atoms with Crippen molar-refractivity contribution in [3.63, 3.8) is 0 Å². The summed E-state index contributed by atoms with van der Waals surface area (Å²) < 4.78 is 13.5. The van der Waals surface area contributed by atoms with Gasteiger partial charge in [0, 0.05) is 35.8 Å². The van der Waals surface area contributed by atoms with E-state index in [4.69, 9.17) is 21.1 Å². The number of ether oxygens (including phenoxy) is 2. The van der Waals surface area contributed by atoms with Crippen LogP contribution in [0.5, 0.6) is 0 Å². The molecule has 39 heavy (non-hydrogen) atoms. The number of benzene rings is 1. The molecule has 1 saturated heterocycles. The molecule has 2 aliphatic carbocycles. The van der Waals surface area contributed by atoms with E-state index in [0.29, 0.717) is 24.8 Å². The van der Waals surface area contributed by atoms with Crippen molar-refractivity contribution in [3.05, 3.63) is 89.3 Å². The molecule has 0 saturated carbocycles. The van der Waals surface area contributed by atoms with E-state index < -0.39 is 5.79 Å². The summed E-state index contributed by atoms with van der Waals surface area (Å²) in [6.07, 6.45) is 26.5. The minimum atomic E-state index is -1.30. The molecule has 1 aromatic heterocycles. The minimum Gasteiger partial charge on any atom is -0.336 e. The number of halogens is 1. The first kappa shape index (κ1) is 29.5. The number of rotatable bonds is 10. The van der Waals surface area contributed by atoms with Crippen LogP contribution in [-0.2, 0) is 43.7 Å². The molecule has 0 atom stereocenters. The maximum absolute atomic E-state index is 13.1. The number of amides is 1.